The lowest BCUT2D eigenvalue weighted by atomic mass is 10.00. The topological polar surface area (TPSA) is 102 Å². The molecule has 2 aromatic carbocycles. The third-order valence-electron chi connectivity index (χ3n) is 5.72. The number of carbonyl (C=O) groups is 2. The smallest absolute Gasteiger partial charge is 0.311 e. The Hall–Kier alpha value is -2.91. The fourth-order valence-electron chi connectivity index (χ4n) is 3.76. The highest BCUT2D eigenvalue weighted by Gasteiger charge is 2.35. The fraction of sp³-hybridized carbons (Fsp3) is 0.417. The zero-order chi connectivity index (χ0) is 24.2. The van der Waals surface area contributed by atoms with E-state index in [1.807, 2.05) is 26.0 Å². The summed E-state index contributed by atoms with van der Waals surface area (Å²) in [7, 11) is -2.25. The second kappa shape index (κ2) is 10.4. The maximum absolute atomic E-state index is 13.0. The summed E-state index contributed by atoms with van der Waals surface area (Å²) in [5, 5.41) is 2.78. The van der Waals surface area contributed by atoms with Crippen molar-refractivity contribution in [2.45, 2.75) is 44.6 Å². The van der Waals surface area contributed by atoms with Crippen molar-refractivity contribution in [2.24, 2.45) is 5.92 Å². The average molecular weight is 475 g/mol. The molecule has 0 radical (unpaired) electrons. The summed E-state index contributed by atoms with van der Waals surface area (Å²) in [6.07, 6.45) is 0.0173. The van der Waals surface area contributed by atoms with Crippen molar-refractivity contribution < 1.29 is 27.5 Å². The van der Waals surface area contributed by atoms with Gasteiger partial charge in [-0.15, -0.1) is 0 Å². The molecule has 1 aliphatic rings. The van der Waals surface area contributed by atoms with Crippen LogP contribution in [0.25, 0.3) is 0 Å². The molecule has 2 unspecified atom stereocenters. The van der Waals surface area contributed by atoms with Gasteiger partial charge in [-0.2, -0.15) is 4.31 Å². The Balaban J connectivity index is 1.62. The summed E-state index contributed by atoms with van der Waals surface area (Å²) in [5.41, 5.74) is 2.65. The minimum Gasteiger partial charge on any atom is -0.497 e. The molecule has 1 heterocycles. The number of rotatable bonds is 7. The number of esters is 1. The molecule has 178 valence electrons. The normalized spacial score (nSPS) is 17.8. The second-order valence-corrected chi connectivity index (χ2v) is 10.2. The summed E-state index contributed by atoms with van der Waals surface area (Å²) in [5.74, 6) is -1.09. The molecule has 9 heteroatoms. The van der Waals surface area contributed by atoms with Gasteiger partial charge in [0.15, 0.2) is 6.10 Å². The SMILES string of the molecule is COc1ccc(S(=O)(=O)N2CCCC(C(=O)OC(C)C(=O)Nc3ccc(C)cc3C)C2)cc1. The van der Waals surface area contributed by atoms with Gasteiger partial charge < -0.3 is 14.8 Å². The average Bonchev–Trinajstić information content (AvgIpc) is 2.80. The van der Waals surface area contributed by atoms with Crippen LogP contribution in [0.15, 0.2) is 47.4 Å². The Morgan fingerprint density at radius 1 is 1.12 bits per heavy atom. The van der Waals surface area contributed by atoms with Crippen molar-refractivity contribution >= 4 is 27.6 Å². The number of hydrogen-bond donors (Lipinski definition) is 1. The monoisotopic (exact) mass is 474 g/mol. The molecule has 1 saturated heterocycles. The number of nitrogens with one attached hydrogen (secondary N) is 1. The molecule has 0 aromatic heterocycles. The predicted octanol–water partition coefficient (Wildman–Crippen LogP) is 3.28. The summed E-state index contributed by atoms with van der Waals surface area (Å²) >= 11 is 0. The molecule has 3 rings (SSSR count). The van der Waals surface area contributed by atoms with Gasteiger partial charge in [0, 0.05) is 18.8 Å². The molecule has 0 aliphatic carbocycles. The van der Waals surface area contributed by atoms with Crippen LogP contribution in [0.2, 0.25) is 0 Å². The third kappa shape index (κ3) is 5.91. The van der Waals surface area contributed by atoms with E-state index < -0.39 is 33.9 Å². The summed E-state index contributed by atoms with van der Waals surface area (Å²) in [6, 6.07) is 11.8. The number of benzene rings is 2. The van der Waals surface area contributed by atoms with Crippen LogP contribution in [-0.2, 0) is 24.3 Å². The van der Waals surface area contributed by atoms with Crippen LogP contribution in [0.5, 0.6) is 5.75 Å². The highest BCUT2D eigenvalue weighted by atomic mass is 32.2. The van der Waals surface area contributed by atoms with Crippen LogP contribution < -0.4 is 10.1 Å². The second-order valence-electron chi connectivity index (χ2n) is 8.26. The Morgan fingerprint density at radius 3 is 2.45 bits per heavy atom. The van der Waals surface area contributed by atoms with Crippen LogP contribution in [-0.4, -0.2) is 50.9 Å². The zero-order valence-corrected chi connectivity index (χ0v) is 20.1. The highest BCUT2D eigenvalue weighted by molar-refractivity contribution is 7.89. The lowest BCUT2D eigenvalue weighted by Gasteiger charge is -2.31. The first-order valence-electron chi connectivity index (χ1n) is 10.8. The molecule has 33 heavy (non-hydrogen) atoms. The van der Waals surface area contributed by atoms with Crippen LogP contribution in [0.3, 0.4) is 0 Å². The van der Waals surface area contributed by atoms with Crippen molar-refractivity contribution in [1.82, 2.24) is 4.31 Å². The summed E-state index contributed by atoms with van der Waals surface area (Å²) < 4.78 is 37.8. The Bertz CT molecular complexity index is 1110. The quantitative estimate of drug-likeness (QED) is 0.618. The number of methoxy groups -OCH3 is 1. The van der Waals surface area contributed by atoms with Crippen LogP contribution in [0.4, 0.5) is 5.69 Å². The zero-order valence-electron chi connectivity index (χ0n) is 19.3. The van der Waals surface area contributed by atoms with Crippen molar-refractivity contribution in [3.8, 4) is 5.75 Å². The molecular weight excluding hydrogens is 444 g/mol. The molecule has 1 aliphatic heterocycles. The van der Waals surface area contributed by atoms with E-state index in [1.165, 1.54) is 30.5 Å². The number of carbonyl (C=O) groups excluding carboxylic acids is 2. The number of nitrogens with zero attached hydrogens (tertiary/aromatic N) is 1. The number of amides is 1. The van der Waals surface area contributed by atoms with Crippen molar-refractivity contribution in [3.05, 3.63) is 53.6 Å². The van der Waals surface area contributed by atoms with Gasteiger partial charge in [0.1, 0.15) is 5.75 Å². The molecule has 8 nitrogen and oxygen atoms in total. The van der Waals surface area contributed by atoms with Gasteiger partial charge in [-0.1, -0.05) is 17.7 Å². The van der Waals surface area contributed by atoms with Crippen LogP contribution >= 0.6 is 0 Å². The fourth-order valence-corrected chi connectivity index (χ4v) is 5.29. The lowest BCUT2D eigenvalue weighted by molar-refractivity contribution is -0.158. The van der Waals surface area contributed by atoms with E-state index in [9.17, 15) is 18.0 Å². The number of anilines is 1. The summed E-state index contributed by atoms with van der Waals surface area (Å²) in [4.78, 5) is 25.4. The van der Waals surface area contributed by atoms with Crippen LogP contribution in [0.1, 0.15) is 30.9 Å². The van der Waals surface area contributed by atoms with E-state index in [-0.39, 0.29) is 11.4 Å². The summed E-state index contributed by atoms with van der Waals surface area (Å²) in [6.45, 7) is 5.69. The molecular formula is C24H30N2O6S. The van der Waals surface area contributed by atoms with Crippen molar-refractivity contribution in [3.63, 3.8) is 0 Å². The number of hydrogen-bond acceptors (Lipinski definition) is 6. The molecule has 0 spiro atoms. The van der Waals surface area contributed by atoms with Crippen molar-refractivity contribution in [2.75, 3.05) is 25.5 Å². The van der Waals surface area contributed by atoms with Crippen molar-refractivity contribution in [1.29, 1.82) is 0 Å². The van der Waals surface area contributed by atoms with E-state index in [1.54, 1.807) is 18.2 Å². The molecule has 1 N–H and O–H groups in total. The number of sulfonamides is 1. The number of aryl methyl sites for hydroxylation is 2. The first kappa shape index (κ1) is 24.7. The first-order chi connectivity index (χ1) is 15.6. The van der Waals surface area contributed by atoms with Gasteiger partial charge in [-0.3, -0.25) is 9.59 Å². The third-order valence-corrected chi connectivity index (χ3v) is 7.60. The van der Waals surface area contributed by atoms with E-state index in [2.05, 4.69) is 5.32 Å². The van der Waals surface area contributed by atoms with Gasteiger partial charge in [0.05, 0.1) is 17.9 Å². The van der Waals surface area contributed by atoms with Gasteiger partial charge >= 0.3 is 5.97 Å². The van der Waals surface area contributed by atoms with Gasteiger partial charge in [0.2, 0.25) is 10.0 Å². The molecule has 1 fully saturated rings. The van der Waals surface area contributed by atoms with E-state index in [0.717, 1.165) is 11.1 Å². The number of ether oxygens (including phenoxy) is 2. The van der Waals surface area contributed by atoms with E-state index in [0.29, 0.717) is 30.8 Å². The predicted molar refractivity (Wildman–Crippen MR) is 125 cm³/mol. The molecule has 0 bridgehead atoms. The molecule has 1 amide bonds. The first-order valence-corrected chi connectivity index (χ1v) is 12.3. The van der Waals surface area contributed by atoms with E-state index in [4.69, 9.17) is 9.47 Å². The van der Waals surface area contributed by atoms with E-state index >= 15 is 0 Å². The minimum atomic E-state index is -3.76. The van der Waals surface area contributed by atoms with Gasteiger partial charge in [0.25, 0.3) is 5.91 Å². The lowest BCUT2D eigenvalue weighted by Crippen LogP contribution is -2.44. The maximum atomic E-state index is 13.0. The van der Waals surface area contributed by atoms with Gasteiger partial charge in [-0.05, 0) is 69.5 Å². The Kier molecular flexibility index (Phi) is 7.76. The Morgan fingerprint density at radius 2 is 1.82 bits per heavy atom. The standard InChI is InChI=1S/C24H30N2O6S/c1-16-7-12-22(17(2)14-16)25-23(27)18(3)32-24(28)19-6-5-13-26(15-19)33(29,30)21-10-8-20(31-4)9-11-21/h7-12,14,18-19H,5-6,13,15H2,1-4H3,(H,25,27). The maximum Gasteiger partial charge on any atom is 0.311 e. The molecule has 2 atom stereocenters. The largest absolute Gasteiger partial charge is 0.497 e. The minimum absolute atomic E-state index is 0.0125. The number of piperidine rings is 1. The molecule has 0 saturated carbocycles. The highest BCUT2D eigenvalue weighted by Crippen LogP contribution is 2.26. The Labute approximate surface area is 194 Å². The van der Waals surface area contributed by atoms with Crippen LogP contribution in [0, 0.1) is 19.8 Å². The molecule has 2 aromatic rings. The van der Waals surface area contributed by atoms with Gasteiger partial charge in [-0.25, -0.2) is 8.42 Å².